The van der Waals surface area contributed by atoms with E-state index in [2.05, 4.69) is 4.90 Å². The zero-order chi connectivity index (χ0) is 20.6. The maximum absolute atomic E-state index is 13.4. The van der Waals surface area contributed by atoms with E-state index in [0.717, 1.165) is 0 Å². The number of benzene rings is 2. The molecule has 1 N–H and O–H groups in total. The lowest BCUT2D eigenvalue weighted by molar-refractivity contribution is -0.140. The van der Waals surface area contributed by atoms with Crippen molar-refractivity contribution in [3.63, 3.8) is 0 Å². The first-order chi connectivity index (χ1) is 13.9. The number of ether oxygens (including phenoxy) is 1. The number of halogens is 1. The Balaban J connectivity index is 1.67. The van der Waals surface area contributed by atoms with E-state index in [9.17, 15) is 14.7 Å². The number of carbonyl (C=O) groups excluding carboxylic acids is 2. The van der Waals surface area contributed by atoms with E-state index in [0.29, 0.717) is 54.8 Å². The molecule has 1 fully saturated rings. The first-order valence-corrected chi connectivity index (χ1v) is 10.0. The minimum Gasteiger partial charge on any atom is -0.379 e. The molecule has 1 saturated heterocycles. The van der Waals surface area contributed by atoms with Crippen LogP contribution in [0.15, 0.2) is 48.5 Å². The van der Waals surface area contributed by atoms with Gasteiger partial charge in [0.2, 0.25) is 0 Å². The molecule has 2 heterocycles. The topological polar surface area (TPSA) is 70.1 Å². The Kier molecular flexibility index (Phi) is 5.44. The van der Waals surface area contributed by atoms with Crippen molar-refractivity contribution >= 4 is 29.0 Å². The number of carbonyl (C=O) groups is 2. The van der Waals surface area contributed by atoms with E-state index < -0.39 is 17.4 Å². The summed E-state index contributed by atoms with van der Waals surface area (Å²) >= 11 is 5.92. The Labute approximate surface area is 174 Å². The molecule has 0 bridgehead atoms. The van der Waals surface area contributed by atoms with E-state index in [4.69, 9.17) is 16.3 Å². The smallest absolute Gasteiger partial charge is 0.265 e. The number of morpholine rings is 1. The van der Waals surface area contributed by atoms with Gasteiger partial charge in [-0.15, -0.1) is 0 Å². The van der Waals surface area contributed by atoms with Crippen LogP contribution in [0.25, 0.3) is 0 Å². The van der Waals surface area contributed by atoms with Gasteiger partial charge >= 0.3 is 0 Å². The molecule has 2 aliphatic heterocycles. The molecular weight excluding hydrogens is 392 g/mol. The molecule has 2 aromatic carbocycles. The van der Waals surface area contributed by atoms with Gasteiger partial charge < -0.3 is 9.84 Å². The van der Waals surface area contributed by atoms with Crippen LogP contribution in [0.1, 0.15) is 22.8 Å². The molecule has 2 atom stereocenters. The van der Waals surface area contributed by atoms with Crippen molar-refractivity contribution in [3.05, 3.63) is 64.7 Å². The summed E-state index contributed by atoms with van der Waals surface area (Å²) in [6.45, 7) is 4.60. The molecule has 29 heavy (non-hydrogen) atoms. The van der Waals surface area contributed by atoms with Crippen molar-refractivity contribution in [2.75, 3.05) is 37.9 Å². The number of hydrogen-bond acceptors (Lipinski definition) is 5. The van der Waals surface area contributed by atoms with Gasteiger partial charge in [0.05, 0.1) is 31.5 Å². The molecule has 0 radical (unpaired) electrons. The first kappa shape index (κ1) is 20.0. The highest BCUT2D eigenvalue weighted by atomic mass is 35.5. The summed E-state index contributed by atoms with van der Waals surface area (Å²) in [6.07, 6.45) is 0. The third kappa shape index (κ3) is 3.46. The van der Waals surface area contributed by atoms with Gasteiger partial charge in [0.1, 0.15) is 0 Å². The summed E-state index contributed by atoms with van der Waals surface area (Å²) < 4.78 is 5.38. The van der Waals surface area contributed by atoms with Gasteiger partial charge in [-0.1, -0.05) is 36.7 Å². The van der Waals surface area contributed by atoms with Crippen LogP contribution in [0.5, 0.6) is 0 Å². The van der Waals surface area contributed by atoms with E-state index in [1.54, 1.807) is 48.2 Å². The number of aliphatic hydroxyl groups is 1. The second-order valence-corrected chi connectivity index (χ2v) is 7.92. The fourth-order valence-corrected chi connectivity index (χ4v) is 4.14. The summed E-state index contributed by atoms with van der Waals surface area (Å²) in [5.74, 6) is -1.73. The summed E-state index contributed by atoms with van der Waals surface area (Å²) in [7, 11) is 0. The van der Waals surface area contributed by atoms with E-state index in [-0.39, 0.29) is 5.78 Å². The lowest BCUT2D eigenvalue weighted by Gasteiger charge is -2.32. The number of nitrogens with zero attached hydrogens (tertiary/aromatic N) is 2. The summed E-state index contributed by atoms with van der Waals surface area (Å²) in [5.41, 5.74) is -0.401. The van der Waals surface area contributed by atoms with Gasteiger partial charge in [0.25, 0.3) is 5.91 Å². The minimum absolute atomic E-state index is 0.305. The van der Waals surface area contributed by atoms with Crippen LogP contribution >= 0.6 is 11.6 Å². The number of amides is 1. The van der Waals surface area contributed by atoms with Crippen LogP contribution in [0.3, 0.4) is 0 Å². The average Bonchev–Trinajstić information content (AvgIpc) is 2.97. The molecule has 0 unspecified atom stereocenters. The summed E-state index contributed by atoms with van der Waals surface area (Å²) in [6, 6.07) is 13.6. The van der Waals surface area contributed by atoms with Crippen LogP contribution in [0.4, 0.5) is 5.69 Å². The van der Waals surface area contributed by atoms with Crippen molar-refractivity contribution in [2.24, 2.45) is 5.92 Å². The number of fused-ring (bicyclic) bond motifs is 1. The number of anilines is 1. The van der Waals surface area contributed by atoms with Crippen LogP contribution in [0.2, 0.25) is 5.02 Å². The van der Waals surface area contributed by atoms with Crippen LogP contribution in [-0.4, -0.2) is 54.7 Å². The predicted octanol–water partition coefficient (Wildman–Crippen LogP) is 2.68. The zero-order valence-corrected chi connectivity index (χ0v) is 16.9. The summed E-state index contributed by atoms with van der Waals surface area (Å²) in [4.78, 5) is 30.2. The Hall–Kier alpha value is -2.25. The molecular formula is C22H23ClN2O4. The minimum atomic E-state index is -1.92. The number of rotatable bonds is 5. The zero-order valence-electron chi connectivity index (χ0n) is 16.2. The third-order valence-corrected chi connectivity index (χ3v) is 6.02. The molecule has 6 nitrogen and oxygen atoms in total. The van der Waals surface area contributed by atoms with Crippen LogP contribution < -0.4 is 4.90 Å². The Bertz CT molecular complexity index is 927. The fourth-order valence-electron chi connectivity index (χ4n) is 4.02. The molecule has 0 aromatic heterocycles. The molecule has 0 saturated carbocycles. The number of hydrogen-bond donors (Lipinski definition) is 1. The SMILES string of the molecule is C[C@@H](C(=O)c1ccc(Cl)cc1)[C@]1(O)C(=O)N(CN2CCOCC2)c2ccccc21. The molecule has 2 aliphatic rings. The molecule has 7 heteroatoms. The second-order valence-electron chi connectivity index (χ2n) is 7.48. The number of ketones is 1. The van der Waals surface area contributed by atoms with Crippen molar-refractivity contribution in [1.29, 1.82) is 0 Å². The Morgan fingerprint density at radius 3 is 2.52 bits per heavy atom. The van der Waals surface area contributed by atoms with Crippen molar-refractivity contribution < 1.29 is 19.4 Å². The Morgan fingerprint density at radius 2 is 1.83 bits per heavy atom. The molecule has 0 aliphatic carbocycles. The van der Waals surface area contributed by atoms with Gasteiger partial charge in [-0.3, -0.25) is 19.4 Å². The standard InChI is InChI=1S/C22H23ClN2O4/c1-15(20(26)16-6-8-17(23)9-7-16)22(28)18-4-2-3-5-19(18)25(21(22)27)14-24-10-12-29-13-11-24/h2-9,15,28H,10-14H2,1H3/t15-,22+/m0/s1. The van der Waals surface area contributed by atoms with Crippen molar-refractivity contribution in [3.8, 4) is 0 Å². The highest BCUT2D eigenvalue weighted by Crippen LogP contribution is 2.45. The first-order valence-electron chi connectivity index (χ1n) is 9.66. The second kappa shape index (κ2) is 7.88. The summed E-state index contributed by atoms with van der Waals surface area (Å²) in [5, 5.41) is 12.1. The van der Waals surface area contributed by atoms with Crippen LogP contribution in [-0.2, 0) is 15.1 Å². The molecule has 1 amide bonds. The lowest BCUT2D eigenvalue weighted by atomic mass is 9.79. The average molecular weight is 415 g/mol. The quantitative estimate of drug-likeness (QED) is 0.762. The van der Waals surface area contributed by atoms with Gasteiger partial charge in [-0.2, -0.15) is 0 Å². The number of Topliss-reactive ketones (excluding diaryl/α,β-unsaturated/α-hetero) is 1. The van der Waals surface area contributed by atoms with Gasteiger partial charge in [0.15, 0.2) is 11.4 Å². The third-order valence-electron chi connectivity index (χ3n) is 5.77. The molecule has 152 valence electrons. The maximum Gasteiger partial charge on any atom is 0.265 e. The molecule has 2 aromatic rings. The molecule has 0 spiro atoms. The van der Waals surface area contributed by atoms with E-state index >= 15 is 0 Å². The number of para-hydroxylation sites is 1. The highest BCUT2D eigenvalue weighted by Gasteiger charge is 2.55. The fraction of sp³-hybridized carbons (Fsp3) is 0.364. The monoisotopic (exact) mass is 414 g/mol. The predicted molar refractivity (Wildman–Crippen MR) is 110 cm³/mol. The van der Waals surface area contributed by atoms with Crippen molar-refractivity contribution in [1.82, 2.24) is 4.90 Å². The van der Waals surface area contributed by atoms with Gasteiger partial charge in [-0.25, -0.2) is 0 Å². The maximum atomic E-state index is 13.4. The van der Waals surface area contributed by atoms with E-state index in [1.807, 2.05) is 12.1 Å². The van der Waals surface area contributed by atoms with Crippen LogP contribution in [0, 0.1) is 5.92 Å². The largest absolute Gasteiger partial charge is 0.379 e. The highest BCUT2D eigenvalue weighted by molar-refractivity contribution is 6.30. The normalized spacial score (nSPS) is 23.1. The van der Waals surface area contributed by atoms with Gasteiger partial charge in [-0.05, 0) is 30.3 Å². The van der Waals surface area contributed by atoms with Crippen molar-refractivity contribution in [2.45, 2.75) is 12.5 Å². The van der Waals surface area contributed by atoms with Gasteiger partial charge in [0, 0.05) is 29.2 Å². The lowest BCUT2D eigenvalue weighted by Crippen LogP contribution is -2.51. The van der Waals surface area contributed by atoms with E-state index in [1.165, 1.54) is 0 Å². The Morgan fingerprint density at radius 1 is 1.17 bits per heavy atom. The molecule has 4 rings (SSSR count).